The molecule has 1 aliphatic rings. The first-order valence-corrected chi connectivity index (χ1v) is 8.29. The molecular weight excluding hydrogens is 323 g/mol. The lowest BCUT2D eigenvalue weighted by molar-refractivity contribution is 0.0933. The number of anilines is 1. The van der Waals surface area contributed by atoms with Gasteiger partial charge in [0.05, 0.1) is 13.2 Å². The summed E-state index contributed by atoms with van der Waals surface area (Å²) in [6, 6.07) is 4.23. The van der Waals surface area contributed by atoms with Gasteiger partial charge in [0.15, 0.2) is 11.6 Å². The summed E-state index contributed by atoms with van der Waals surface area (Å²) in [5.74, 6) is -0.519. The van der Waals surface area contributed by atoms with Crippen LogP contribution < -0.4 is 15.8 Å². The molecule has 1 aromatic carbocycles. The Morgan fingerprint density at radius 3 is 2.80 bits per heavy atom. The predicted molar refractivity (Wildman–Crippen MR) is 91.9 cm³/mol. The molecule has 1 atom stereocenters. The molecule has 1 amide bonds. The van der Waals surface area contributed by atoms with Gasteiger partial charge in [-0.25, -0.2) is 14.4 Å². The van der Waals surface area contributed by atoms with Gasteiger partial charge in [-0.15, -0.1) is 0 Å². The number of benzene rings is 1. The second kappa shape index (κ2) is 7.04. The number of nitrogens with one attached hydrogen (secondary N) is 1. The molecule has 3 N–H and O–H groups in total. The molecule has 0 spiro atoms. The summed E-state index contributed by atoms with van der Waals surface area (Å²) in [6.07, 6.45) is 3.61. The smallest absolute Gasteiger partial charge is 0.270 e. The lowest BCUT2D eigenvalue weighted by atomic mass is 9.94. The standard InChI is InChI=1S/C18H21FN4O2/c1-10(11-7-8-15(25-2)13(19)9-11)21-17(24)16-12-5-3-4-6-14(12)22-18(20)23-16/h7-10H,3-6H2,1-2H3,(H,21,24)(H2,20,22,23). The van der Waals surface area contributed by atoms with Crippen molar-refractivity contribution in [1.29, 1.82) is 0 Å². The molecule has 0 saturated carbocycles. The maximum Gasteiger partial charge on any atom is 0.270 e. The molecule has 0 bridgehead atoms. The Balaban J connectivity index is 1.82. The largest absolute Gasteiger partial charge is 0.494 e. The number of hydrogen-bond acceptors (Lipinski definition) is 5. The average molecular weight is 344 g/mol. The van der Waals surface area contributed by atoms with Crippen LogP contribution in [0.2, 0.25) is 0 Å². The van der Waals surface area contributed by atoms with Crippen molar-refractivity contribution in [3.05, 3.63) is 46.5 Å². The zero-order chi connectivity index (χ0) is 18.0. The normalized spacial score (nSPS) is 14.5. The Morgan fingerprint density at radius 2 is 2.08 bits per heavy atom. The Bertz CT molecular complexity index is 810. The van der Waals surface area contributed by atoms with Crippen LogP contribution in [0.5, 0.6) is 5.75 Å². The first kappa shape index (κ1) is 17.1. The van der Waals surface area contributed by atoms with Gasteiger partial charge in [-0.3, -0.25) is 4.79 Å². The first-order chi connectivity index (χ1) is 12.0. The van der Waals surface area contributed by atoms with Crippen molar-refractivity contribution >= 4 is 11.9 Å². The van der Waals surface area contributed by atoms with E-state index in [1.54, 1.807) is 13.0 Å². The number of aryl methyl sites for hydroxylation is 1. The minimum atomic E-state index is -0.468. The van der Waals surface area contributed by atoms with E-state index in [-0.39, 0.29) is 23.6 Å². The highest BCUT2D eigenvalue weighted by molar-refractivity contribution is 5.94. The summed E-state index contributed by atoms with van der Waals surface area (Å²) >= 11 is 0. The van der Waals surface area contributed by atoms with Crippen molar-refractivity contribution in [1.82, 2.24) is 15.3 Å². The van der Waals surface area contributed by atoms with Gasteiger partial charge >= 0.3 is 0 Å². The van der Waals surface area contributed by atoms with Crippen molar-refractivity contribution < 1.29 is 13.9 Å². The molecule has 1 aliphatic carbocycles. The monoisotopic (exact) mass is 344 g/mol. The second-order valence-corrected chi connectivity index (χ2v) is 6.15. The van der Waals surface area contributed by atoms with Crippen LogP contribution in [0.15, 0.2) is 18.2 Å². The summed E-state index contributed by atoms with van der Waals surface area (Å²) in [7, 11) is 1.41. The summed E-state index contributed by atoms with van der Waals surface area (Å²) < 4.78 is 18.8. The molecule has 1 unspecified atom stereocenters. The molecule has 6 nitrogen and oxygen atoms in total. The Labute approximate surface area is 145 Å². The molecule has 2 aromatic rings. The number of nitrogen functional groups attached to an aromatic ring is 1. The molecule has 0 aliphatic heterocycles. The summed E-state index contributed by atoms with van der Waals surface area (Å²) in [5.41, 5.74) is 8.43. The molecule has 0 fully saturated rings. The van der Waals surface area contributed by atoms with E-state index in [0.717, 1.165) is 36.9 Å². The first-order valence-electron chi connectivity index (χ1n) is 8.29. The molecule has 25 heavy (non-hydrogen) atoms. The van der Waals surface area contributed by atoms with Crippen LogP contribution in [0.3, 0.4) is 0 Å². The van der Waals surface area contributed by atoms with Gasteiger partial charge in [0, 0.05) is 11.3 Å². The molecule has 0 radical (unpaired) electrons. The number of rotatable bonds is 4. The number of nitrogens with zero attached hydrogens (tertiary/aromatic N) is 2. The van der Waals surface area contributed by atoms with E-state index in [4.69, 9.17) is 10.5 Å². The van der Waals surface area contributed by atoms with Crippen LogP contribution in [-0.2, 0) is 12.8 Å². The Morgan fingerprint density at radius 1 is 1.32 bits per heavy atom. The highest BCUT2D eigenvalue weighted by Gasteiger charge is 2.23. The van der Waals surface area contributed by atoms with Gasteiger partial charge in [-0.1, -0.05) is 6.07 Å². The fraction of sp³-hybridized carbons (Fsp3) is 0.389. The summed E-state index contributed by atoms with van der Waals surface area (Å²) in [4.78, 5) is 21.1. The van der Waals surface area contributed by atoms with Crippen molar-refractivity contribution in [2.24, 2.45) is 0 Å². The molecule has 0 saturated heterocycles. The van der Waals surface area contributed by atoms with Crippen LogP contribution in [-0.4, -0.2) is 23.0 Å². The highest BCUT2D eigenvalue weighted by atomic mass is 19.1. The number of carbonyl (C=O) groups excluding carboxylic acids is 1. The van der Waals surface area contributed by atoms with Gasteiger partial charge < -0.3 is 15.8 Å². The molecule has 1 aromatic heterocycles. The van der Waals surface area contributed by atoms with Gasteiger partial charge in [-0.05, 0) is 50.3 Å². The number of halogens is 1. The van der Waals surface area contributed by atoms with Crippen LogP contribution >= 0.6 is 0 Å². The summed E-state index contributed by atoms with van der Waals surface area (Å²) in [6.45, 7) is 1.79. The predicted octanol–water partition coefficient (Wildman–Crippen LogP) is 2.58. The second-order valence-electron chi connectivity index (χ2n) is 6.15. The van der Waals surface area contributed by atoms with E-state index in [0.29, 0.717) is 11.3 Å². The quantitative estimate of drug-likeness (QED) is 0.890. The lowest BCUT2D eigenvalue weighted by Gasteiger charge is -2.20. The number of amides is 1. The van der Waals surface area contributed by atoms with E-state index in [9.17, 15) is 9.18 Å². The molecule has 132 valence electrons. The van der Waals surface area contributed by atoms with E-state index < -0.39 is 5.82 Å². The number of carbonyl (C=O) groups is 1. The zero-order valence-corrected chi connectivity index (χ0v) is 14.3. The minimum Gasteiger partial charge on any atom is -0.494 e. The van der Waals surface area contributed by atoms with Crippen molar-refractivity contribution in [2.45, 2.75) is 38.6 Å². The SMILES string of the molecule is COc1ccc(C(C)NC(=O)c2nc(N)nc3c2CCCC3)cc1F. The molecular formula is C18H21FN4O2. The number of fused-ring (bicyclic) bond motifs is 1. The lowest BCUT2D eigenvalue weighted by Crippen LogP contribution is -2.30. The topological polar surface area (TPSA) is 90.1 Å². The van der Waals surface area contributed by atoms with Crippen LogP contribution in [0.25, 0.3) is 0 Å². The Kier molecular flexibility index (Phi) is 4.83. The maximum absolute atomic E-state index is 13.9. The van der Waals surface area contributed by atoms with Gasteiger partial charge in [0.1, 0.15) is 5.69 Å². The van der Waals surface area contributed by atoms with Crippen LogP contribution in [0.4, 0.5) is 10.3 Å². The number of nitrogens with two attached hydrogens (primary N) is 1. The van der Waals surface area contributed by atoms with Crippen molar-refractivity contribution in [2.75, 3.05) is 12.8 Å². The van der Waals surface area contributed by atoms with Gasteiger partial charge in [0.25, 0.3) is 5.91 Å². The fourth-order valence-corrected chi connectivity index (χ4v) is 3.10. The van der Waals surface area contributed by atoms with Crippen molar-refractivity contribution in [3.63, 3.8) is 0 Å². The average Bonchev–Trinajstić information content (AvgIpc) is 2.60. The maximum atomic E-state index is 13.9. The number of hydrogen-bond donors (Lipinski definition) is 2. The molecule has 1 heterocycles. The van der Waals surface area contributed by atoms with Gasteiger partial charge in [-0.2, -0.15) is 0 Å². The van der Waals surface area contributed by atoms with Gasteiger partial charge in [0.2, 0.25) is 5.95 Å². The molecule has 7 heteroatoms. The number of aromatic nitrogens is 2. The number of methoxy groups -OCH3 is 1. The highest BCUT2D eigenvalue weighted by Crippen LogP contribution is 2.25. The van der Waals surface area contributed by atoms with Crippen LogP contribution in [0.1, 0.15) is 53.1 Å². The third-order valence-electron chi connectivity index (χ3n) is 4.44. The van der Waals surface area contributed by atoms with Crippen molar-refractivity contribution in [3.8, 4) is 5.75 Å². The van der Waals surface area contributed by atoms with E-state index in [1.165, 1.54) is 19.2 Å². The minimum absolute atomic E-state index is 0.106. The number of ether oxygens (including phenoxy) is 1. The van der Waals surface area contributed by atoms with Crippen LogP contribution in [0, 0.1) is 5.82 Å². The zero-order valence-electron chi connectivity index (χ0n) is 14.3. The van der Waals surface area contributed by atoms with E-state index in [1.807, 2.05) is 0 Å². The fourth-order valence-electron chi connectivity index (χ4n) is 3.10. The third-order valence-corrected chi connectivity index (χ3v) is 4.44. The third kappa shape index (κ3) is 3.55. The van der Waals surface area contributed by atoms with E-state index >= 15 is 0 Å². The molecule has 3 rings (SSSR count). The Hall–Kier alpha value is -2.70. The van der Waals surface area contributed by atoms with E-state index in [2.05, 4.69) is 15.3 Å². The summed E-state index contributed by atoms with van der Waals surface area (Å²) in [5, 5.41) is 2.86.